The second-order valence-corrected chi connectivity index (χ2v) is 8.30. The number of carbonyl (C=O) groups is 1. The van der Waals surface area contributed by atoms with Crippen LogP contribution in [0.4, 0.5) is 0 Å². The van der Waals surface area contributed by atoms with Crippen LogP contribution < -0.4 is 10.2 Å². The Kier molecular flexibility index (Phi) is 8.21. The molecule has 8 heteroatoms. The van der Waals surface area contributed by atoms with Crippen molar-refractivity contribution >= 4 is 35.2 Å². The highest BCUT2D eigenvalue weighted by Crippen LogP contribution is 2.28. The first-order valence-electron chi connectivity index (χ1n) is 9.31. The van der Waals surface area contributed by atoms with Crippen molar-refractivity contribution in [3.8, 4) is 16.3 Å². The first-order chi connectivity index (χ1) is 14.2. The zero-order chi connectivity index (χ0) is 20.3. The summed E-state index contributed by atoms with van der Waals surface area (Å²) in [5, 5.41) is 13.2. The molecule has 0 fully saturated rings. The molecular weight excluding hydrogens is 404 g/mol. The average molecular weight is 427 g/mol. The predicted octanol–water partition coefficient (Wildman–Crippen LogP) is 4.63. The third-order valence-electron chi connectivity index (χ3n) is 3.78. The molecule has 0 aliphatic heterocycles. The number of benzene rings is 2. The van der Waals surface area contributed by atoms with Crippen LogP contribution >= 0.6 is 23.1 Å². The number of thioether (sulfide) groups is 1. The molecule has 3 aromatic rings. The molecule has 150 valence electrons. The van der Waals surface area contributed by atoms with Crippen LogP contribution in [0.1, 0.15) is 25.3 Å². The Labute approximate surface area is 178 Å². The van der Waals surface area contributed by atoms with Crippen molar-refractivity contribution in [2.24, 2.45) is 5.10 Å². The maximum Gasteiger partial charge on any atom is 0.250 e. The third kappa shape index (κ3) is 6.99. The van der Waals surface area contributed by atoms with Gasteiger partial charge in [0, 0.05) is 5.56 Å². The first-order valence-corrected chi connectivity index (χ1v) is 11.1. The summed E-state index contributed by atoms with van der Waals surface area (Å²) in [7, 11) is 0. The van der Waals surface area contributed by atoms with Gasteiger partial charge in [0.05, 0.1) is 18.6 Å². The molecule has 29 heavy (non-hydrogen) atoms. The summed E-state index contributed by atoms with van der Waals surface area (Å²) >= 11 is 2.81. The monoisotopic (exact) mass is 426 g/mol. The molecule has 0 aliphatic rings. The van der Waals surface area contributed by atoms with Gasteiger partial charge in [-0.1, -0.05) is 78.9 Å². The average Bonchev–Trinajstić information content (AvgIpc) is 3.23. The lowest BCUT2D eigenvalue weighted by Crippen LogP contribution is -2.19. The number of nitrogens with one attached hydrogen (secondary N) is 1. The zero-order valence-electron chi connectivity index (χ0n) is 16.1. The van der Waals surface area contributed by atoms with E-state index in [-0.39, 0.29) is 11.7 Å². The van der Waals surface area contributed by atoms with E-state index in [4.69, 9.17) is 4.74 Å². The lowest BCUT2D eigenvalue weighted by atomic mass is 10.2. The smallest absolute Gasteiger partial charge is 0.250 e. The number of hydrogen-bond acceptors (Lipinski definition) is 7. The molecule has 1 N–H and O–H groups in total. The maximum absolute atomic E-state index is 12.0. The van der Waals surface area contributed by atoms with E-state index in [1.807, 2.05) is 54.6 Å². The molecule has 0 saturated carbocycles. The van der Waals surface area contributed by atoms with E-state index in [0.717, 1.165) is 39.1 Å². The van der Waals surface area contributed by atoms with Crippen molar-refractivity contribution < 1.29 is 9.53 Å². The summed E-state index contributed by atoms with van der Waals surface area (Å²) in [6.07, 6.45) is 3.72. The van der Waals surface area contributed by atoms with E-state index in [1.165, 1.54) is 23.1 Å². The third-order valence-corrected chi connectivity index (χ3v) is 5.89. The molecule has 2 aromatic carbocycles. The number of rotatable bonds is 10. The minimum Gasteiger partial charge on any atom is -0.494 e. The highest BCUT2D eigenvalue weighted by Gasteiger charge is 2.09. The van der Waals surface area contributed by atoms with Crippen molar-refractivity contribution in [2.75, 3.05) is 12.4 Å². The molecule has 6 nitrogen and oxygen atoms in total. The van der Waals surface area contributed by atoms with Crippen molar-refractivity contribution in [3.05, 3.63) is 60.2 Å². The number of hydrogen-bond donors (Lipinski definition) is 1. The molecule has 0 saturated heterocycles. The topological polar surface area (TPSA) is 76.5 Å². The van der Waals surface area contributed by atoms with E-state index in [2.05, 4.69) is 27.6 Å². The van der Waals surface area contributed by atoms with Crippen LogP contribution in [-0.2, 0) is 4.79 Å². The summed E-state index contributed by atoms with van der Waals surface area (Å²) in [4.78, 5) is 12.0. The summed E-state index contributed by atoms with van der Waals surface area (Å²) in [6.45, 7) is 2.82. The highest BCUT2D eigenvalue weighted by atomic mass is 32.2. The molecule has 0 radical (unpaired) electrons. The van der Waals surface area contributed by atoms with Crippen LogP contribution in [0, 0.1) is 0 Å². The Morgan fingerprint density at radius 3 is 2.90 bits per heavy atom. The van der Waals surface area contributed by atoms with Crippen LogP contribution in [0.25, 0.3) is 10.6 Å². The lowest BCUT2D eigenvalue weighted by molar-refractivity contribution is -0.118. The first kappa shape index (κ1) is 21.0. The lowest BCUT2D eigenvalue weighted by Gasteiger charge is -2.05. The van der Waals surface area contributed by atoms with Gasteiger partial charge in [0.15, 0.2) is 4.34 Å². The van der Waals surface area contributed by atoms with Crippen molar-refractivity contribution in [1.29, 1.82) is 0 Å². The van der Waals surface area contributed by atoms with Gasteiger partial charge in [-0.25, -0.2) is 5.43 Å². The molecule has 1 aromatic heterocycles. The van der Waals surface area contributed by atoms with Gasteiger partial charge in [0.25, 0.3) is 5.91 Å². The van der Waals surface area contributed by atoms with E-state index in [0.29, 0.717) is 6.61 Å². The molecule has 0 spiro atoms. The SMILES string of the molecule is CCCCOc1cccc(C=NNC(=O)CSc2nnc(-c3ccccc3)s2)c1. The Morgan fingerprint density at radius 2 is 2.07 bits per heavy atom. The fourth-order valence-electron chi connectivity index (χ4n) is 2.32. The number of unbranched alkanes of at least 4 members (excludes halogenated alkanes) is 1. The Hall–Kier alpha value is -2.71. The number of carbonyl (C=O) groups excluding carboxylic acids is 1. The van der Waals surface area contributed by atoms with Crippen LogP contribution in [-0.4, -0.2) is 34.7 Å². The van der Waals surface area contributed by atoms with Crippen LogP contribution in [0.5, 0.6) is 5.75 Å². The molecule has 3 rings (SSSR count). The van der Waals surface area contributed by atoms with Crippen LogP contribution in [0.3, 0.4) is 0 Å². The number of ether oxygens (including phenoxy) is 1. The molecule has 0 atom stereocenters. The maximum atomic E-state index is 12.0. The summed E-state index contributed by atoms with van der Waals surface area (Å²) in [6, 6.07) is 17.5. The van der Waals surface area contributed by atoms with Crippen molar-refractivity contribution in [2.45, 2.75) is 24.1 Å². The normalized spacial score (nSPS) is 10.9. The quantitative estimate of drug-likeness (QED) is 0.221. The molecule has 0 aliphatic carbocycles. The fourth-order valence-corrected chi connectivity index (χ4v) is 3.97. The van der Waals surface area contributed by atoms with Gasteiger partial charge < -0.3 is 4.74 Å². The van der Waals surface area contributed by atoms with E-state index < -0.39 is 0 Å². The number of aromatic nitrogens is 2. The number of hydrazone groups is 1. The Bertz CT molecular complexity index is 945. The minimum absolute atomic E-state index is 0.196. The van der Waals surface area contributed by atoms with E-state index in [9.17, 15) is 4.79 Å². The summed E-state index contributed by atoms with van der Waals surface area (Å²) in [5.74, 6) is 0.828. The van der Waals surface area contributed by atoms with Gasteiger partial charge >= 0.3 is 0 Å². The Morgan fingerprint density at radius 1 is 1.21 bits per heavy atom. The predicted molar refractivity (Wildman–Crippen MR) is 119 cm³/mol. The zero-order valence-corrected chi connectivity index (χ0v) is 17.7. The number of nitrogens with zero attached hydrogens (tertiary/aromatic N) is 3. The summed E-state index contributed by atoms with van der Waals surface area (Å²) < 4.78 is 6.42. The van der Waals surface area contributed by atoms with E-state index in [1.54, 1.807) is 6.21 Å². The minimum atomic E-state index is -0.196. The standard InChI is InChI=1S/C21H22N4O2S2/c1-2-3-12-27-18-11-7-8-16(13-18)14-22-23-19(26)15-28-21-25-24-20(29-21)17-9-5-4-6-10-17/h4-11,13-14H,2-3,12,15H2,1H3,(H,23,26). The van der Waals surface area contributed by atoms with Gasteiger partial charge in [-0.3, -0.25) is 4.79 Å². The molecular formula is C21H22N4O2S2. The second-order valence-electron chi connectivity index (χ2n) is 6.10. The van der Waals surface area contributed by atoms with Gasteiger partial charge in [-0.2, -0.15) is 5.10 Å². The van der Waals surface area contributed by atoms with Crippen molar-refractivity contribution in [1.82, 2.24) is 15.6 Å². The second kappa shape index (κ2) is 11.3. The fraction of sp³-hybridized carbons (Fsp3) is 0.238. The summed E-state index contributed by atoms with van der Waals surface area (Å²) in [5.41, 5.74) is 4.42. The molecule has 1 heterocycles. The van der Waals surface area contributed by atoms with Gasteiger partial charge in [0.1, 0.15) is 10.8 Å². The van der Waals surface area contributed by atoms with Crippen LogP contribution in [0.2, 0.25) is 0 Å². The number of amides is 1. The highest BCUT2D eigenvalue weighted by molar-refractivity contribution is 8.01. The molecule has 0 unspecified atom stereocenters. The van der Waals surface area contributed by atoms with Gasteiger partial charge in [0.2, 0.25) is 0 Å². The largest absolute Gasteiger partial charge is 0.494 e. The molecule has 1 amide bonds. The van der Waals surface area contributed by atoms with Gasteiger partial charge in [-0.15, -0.1) is 10.2 Å². The Balaban J connectivity index is 1.44. The van der Waals surface area contributed by atoms with Crippen molar-refractivity contribution in [3.63, 3.8) is 0 Å². The molecule has 0 bridgehead atoms. The van der Waals surface area contributed by atoms with E-state index >= 15 is 0 Å². The van der Waals surface area contributed by atoms with Crippen LogP contribution in [0.15, 0.2) is 64.0 Å². The van der Waals surface area contributed by atoms with Gasteiger partial charge in [-0.05, 0) is 24.1 Å².